The Kier molecular flexibility index (Phi) is 24.2. The third-order valence-electron chi connectivity index (χ3n) is 2.89. The number of carbonyl (C=O) groups excluding carboxylic acids is 1. The summed E-state index contributed by atoms with van der Waals surface area (Å²) in [5.74, 6) is -0.368. The van der Waals surface area contributed by atoms with Gasteiger partial charge in [0.1, 0.15) is 6.61 Å². The summed E-state index contributed by atoms with van der Waals surface area (Å²) >= 11 is 0. The van der Waals surface area contributed by atoms with Gasteiger partial charge in [-0.1, -0.05) is 36.3 Å². The molecule has 0 atom stereocenters. The molecule has 0 bridgehead atoms. The van der Waals surface area contributed by atoms with Crippen molar-refractivity contribution in [2.75, 3.05) is 26.9 Å². The van der Waals surface area contributed by atoms with E-state index < -0.39 is 16.9 Å². The Hall–Kier alpha value is -0.476. The van der Waals surface area contributed by atoms with Crippen LogP contribution in [0.25, 0.3) is 0 Å². The van der Waals surface area contributed by atoms with Gasteiger partial charge in [-0.2, -0.15) is 0 Å². The van der Waals surface area contributed by atoms with Crippen LogP contribution >= 0.6 is 0 Å². The minimum atomic E-state index is -1.96. The van der Waals surface area contributed by atoms with Crippen molar-refractivity contribution in [1.29, 1.82) is 0 Å². The standard InChI is InChI=1S/C14H30O5Si2.4CH4/c1-13(2)14(15)18-11-10-17-9-8-12-20(4,5)19-21(6,7)16-3;;;;/h1,8-12H2,2-7H3;4*1H4. The zero-order valence-electron chi connectivity index (χ0n) is 14.3. The lowest BCUT2D eigenvalue weighted by molar-refractivity contribution is -0.140. The Balaban J connectivity index is -0.000000333. The van der Waals surface area contributed by atoms with Crippen LogP contribution in [0.3, 0.4) is 0 Å². The second-order valence-electron chi connectivity index (χ2n) is 6.10. The normalized spacial score (nSPS) is 10.3. The van der Waals surface area contributed by atoms with E-state index in [9.17, 15) is 4.79 Å². The molecule has 0 radical (unpaired) electrons. The van der Waals surface area contributed by atoms with Crippen molar-refractivity contribution in [3.05, 3.63) is 12.2 Å². The molecule has 156 valence electrons. The average molecular weight is 399 g/mol. The van der Waals surface area contributed by atoms with E-state index in [1.807, 2.05) is 0 Å². The first kappa shape index (κ1) is 35.6. The highest BCUT2D eigenvalue weighted by Gasteiger charge is 2.33. The molecule has 0 unspecified atom stereocenters. The second-order valence-corrected chi connectivity index (χ2v) is 14.1. The molecule has 0 heterocycles. The molecular weight excluding hydrogens is 352 g/mol. The van der Waals surface area contributed by atoms with E-state index in [1.165, 1.54) is 0 Å². The van der Waals surface area contributed by atoms with Gasteiger partial charge in [0.15, 0.2) is 8.32 Å². The molecule has 0 fully saturated rings. The van der Waals surface area contributed by atoms with Crippen LogP contribution in [0.2, 0.25) is 32.2 Å². The number of hydrogen-bond donors (Lipinski definition) is 0. The third-order valence-corrected chi connectivity index (χ3v) is 9.61. The van der Waals surface area contributed by atoms with Gasteiger partial charge in [-0.3, -0.25) is 0 Å². The molecule has 7 heteroatoms. The van der Waals surface area contributed by atoms with Crippen molar-refractivity contribution in [3.8, 4) is 0 Å². The number of esters is 1. The molecule has 0 spiro atoms. The molecule has 0 saturated carbocycles. The van der Waals surface area contributed by atoms with Crippen LogP contribution in [0.4, 0.5) is 0 Å². The Bertz CT molecular complexity index is 344. The molecule has 25 heavy (non-hydrogen) atoms. The largest absolute Gasteiger partial charge is 0.460 e. The van der Waals surface area contributed by atoms with Crippen molar-refractivity contribution in [3.63, 3.8) is 0 Å². The molecule has 5 nitrogen and oxygen atoms in total. The van der Waals surface area contributed by atoms with Gasteiger partial charge in [-0.05, 0) is 45.6 Å². The highest BCUT2D eigenvalue weighted by molar-refractivity contribution is 6.82. The topological polar surface area (TPSA) is 54.0 Å². The minimum Gasteiger partial charge on any atom is -0.460 e. The summed E-state index contributed by atoms with van der Waals surface area (Å²) in [6.45, 7) is 15.0. The van der Waals surface area contributed by atoms with E-state index in [0.717, 1.165) is 12.5 Å². The summed E-state index contributed by atoms with van der Waals surface area (Å²) in [5.41, 5.74) is 0.407. The van der Waals surface area contributed by atoms with Crippen LogP contribution in [0.1, 0.15) is 43.1 Å². The molecule has 0 aliphatic carbocycles. The maximum atomic E-state index is 11.1. The molecule has 0 aliphatic rings. The highest BCUT2D eigenvalue weighted by atomic mass is 28.4. The first-order chi connectivity index (χ1) is 9.59. The van der Waals surface area contributed by atoms with Gasteiger partial charge in [0, 0.05) is 19.3 Å². The van der Waals surface area contributed by atoms with Crippen LogP contribution in [0.15, 0.2) is 12.2 Å². The number of rotatable bonds is 11. The summed E-state index contributed by atoms with van der Waals surface area (Å²) in [6, 6.07) is 1.03. The van der Waals surface area contributed by atoms with Crippen LogP contribution in [0.5, 0.6) is 0 Å². The maximum absolute atomic E-state index is 11.1. The van der Waals surface area contributed by atoms with E-state index in [-0.39, 0.29) is 42.3 Å². The molecule has 0 amide bonds. The van der Waals surface area contributed by atoms with Gasteiger partial charge in [0.2, 0.25) is 0 Å². The quantitative estimate of drug-likeness (QED) is 0.195. The summed E-state index contributed by atoms with van der Waals surface area (Å²) in [6.07, 6.45) is 0.946. The van der Waals surface area contributed by atoms with Gasteiger partial charge in [-0.15, -0.1) is 0 Å². The predicted molar refractivity (Wildman–Crippen MR) is 116 cm³/mol. The van der Waals surface area contributed by atoms with Crippen molar-refractivity contribution >= 4 is 22.8 Å². The maximum Gasteiger partial charge on any atom is 0.333 e. The average Bonchev–Trinajstić information content (AvgIpc) is 2.35. The lowest BCUT2D eigenvalue weighted by atomic mass is 10.4. The molecule has 0 saturated heterocycles. The lowest BCUT2D eigenvalue weighted by Crippen LogP contribution is -2.45. The molecule has 0 aliphatic heterocycles. The van der Waals surface area contributed by atoms with Gasteiger partial charge >= 0.3 is 14.5 Å². The number of ether oxygens (including phenoxy) is 2. The van der Waals surface area contributed by atoms with Gasteiger partial charge in [-0.25, -0.2) is 4.79 Å². The molecular formula is C18H46O5Si2. The summed E-state index contributed by atoms with van der Waals surface area (Å²) in [5, 5.41) is 0. The minimum absolute atomic E-state index is 0. The number of carbonyl (C=O) groups is 1. The van der Waals surface area contributed by atoms with E-state index >= 15 is 0 Å². The lowest BCUT2D eigenvalue weighted by Gasteiger charge is -2.32. The van der Waals surface area contributed by atoms with Crippen molar-refractivity contribution in [2.45, 2.75) is 75.3 Å². The van der Waals surface area contributed by atoms with Gasteiger partial charge < -0.3 is 18.0 Å². The van der Waals surface area contributed by atoms with Crippen molar-refractivity contribution < 1.29 is 22.8 Å². The van der Waals surface area contributed by atoms with Gasteiger partial charge in [0.05, 0.1) is 6.61 Å². The van der Waals surface area contributed by atoms with Crippen LogP contribution < -0.4 is 0 Å². The van der Waals surface area contributed by atoms with E-state index in [4.69, 9.17) is 18.0 Å². The fraction of sp³-hybridized carbons (Fsp3) is 0.833. The zero-order valence-corrected chi connectivity index (χ0v) is 16.3. The van der Waals surface area contributed by atoms with Gasteiger partial charge in [0.25, 0.3) is 0 Å². The van der Waals surface area contributed by atoms with E-state index in [1.54, 1.807) is 14.0 Å². The summed E-state index contributed by atoms with van der Waals surface area (Å²) < 4.78 is 22.0. The van der Waals surface area contributed by atoms with Crippen molar-refractivity contribution in [2.24, 2.45) is 0 Å². The Labute approximate surface area is 160 Å². The van der Waals surface area contributed by atoms with E-state index in [2.05, 4.69) is 32.8 Å². The Morgan fingerprint density at radius 2 is 1.48 bits per heavy atom. The first-order valence-electron chi connectivity index (χ1n) is 7.25. The zero-order chi connectivity index (χ0) is 16.5. The van der Waals surface area contributed by atoms with E-state index in [0.29, 0.717) is 18.8 Å². The Morgan fingerprint density at radius 1 is 0.960 bits per heavy atom. The second kappa shape index (κ2) is 17.0. The summed E-state index contributed by atoms with van der Waals surface area (Å²) in [4.78, 5) is 11.1. The Morgan fingerprint density at radius 3 is 1.92 bits per heavy atom. The molecule has 0 aromatic carbocycles. The molecule has 0 aromatic heterocycles. The van der Waals surface area contributed by atoms with Crippen LogP contribution in [-0.2, 0) is 22.8 Å². The SMILES string of the molecule is C.C.C.C.C=C(C)C(=O)OCCOCCC[Si](C)(C)O[Si](C)(C)OC. The molecule has 0 aromatic rings. The fourth-order valence-electron chi connectivity index (χ4n) is 1.78. The van der Waals surface area contributed by atoms with Crippen LogP contribution in [-0.4, -0.2) is 49.8 Å². The smallest absolute Gasteiger partial charge is 0.333 e. The molecule has 0 rings (SSSR count). The summed E-state index contributed by atoms with van der Waals surface area (Å²) in [7, 11) is -1.95. The third kappa shape index (κ3) is 19.7. The first-order valence-corrected chi connectivity index (χ1v) is 13.2. The monoisotopic (exact) mass is 398 g/mol. The van der Waals surface area contributed by atoms with Crippen LogP contribution in [0, 0.1) is 0 Å². The van der Waals surface area contributed by atoms with Crippen molar-refractivity contribution in [1.82, 2.24) is 0 Å². The predicted octanol–water partition coefficient (Wildman–Crippen LogP) is 5.63. The highest BCUT2D eigenvalue weighted by Crippen LogP contribution is 2.20. The molecule has 0 N–H and O–H groups in total. The number of hydrogen-bond acceptors (Lipinski definition) is 5. The fourth-order valence-corrected chi connectivity index (χ4v) is 8.84.